The summed E-state index contributed by atoms with van der Waals surface area (Å²) in [6, 6.07) is 40.8. The molecular weight excluding hydrogens is 715 g/mol. The van der Waals surface area contributed by atoms with E-state index in [1.54, 1.807) is 11.3 Å². The van der Waals surface area contributed by atoms with Crippen molar-refractivity contribution in [2.24, 2.45) is 0 Å². The van der Waals surface area contributed by atoms with E-state index in [0.717, 1.165) is 60.8 Å². The van der Waals surface area contributed by atoms with E-state index in [1.165, 1.54) is 31.3 Å². The summed E-state index contributed by atoms with van der Waals surface area (Å²) < 4.78 is 8.97. The number of hydrogen-bond acceptors (Lipinski definition) is 5. The molecule has 3 aromatic heterocycles. The Labute approximate surface area is 336 Å². The van der Waals surface area contributed by atoms with Crippen molar-refractivity contribution in [1.82, 2.24) is 15.0 Å². The van der Waals surface area contributed by atoms with Crippen LogP contribution in [-0.2, 0) is 6.42 Å². The predicted octanol–water partition coefficient (Wildman–Crippen LogP) is 12.6. The summed E-state index contributed by atoms with van der Waals surface area (Å²) in [5.74, 6) is 2.12. The zero-order chi connectivity index (χ0) is 38.7. The number of fused-ring (bicyclic) bond motifs is 4. The standard InChI is InChI=1S/C52H41N3OS/c1-4-6-7-11-28-48-53-51(55-52(54-48)42-25-17-27-47-50(42)41-24-14-15-26-46(41)57-47)40-21-13-12-20-36(31-40)34(3)49-43-33-39(29-30-45(43)56-44(49)5-2)38-23-16-22-37(32-38)35-18-9-8-10-19-35/h4-20,22-27,29-33H,21,28H2,1-3H3/b6-4-,11-7-,44-5+,49-34+. The topological polar surface area (TPSA) is 51.8 Å². The minimum atomic E-state index is 0.595. The summed E-state index contributed by atoms with van der Waals surface area (Å²) >= 11 is 1.80. The molecule has 8 aromatic rings. The summed E-state index contributed by atoms with van der Waals surface area (Å²) in [5, 5.41) is 4.58. The monoisotopic (exact) mass is 755 g/mol. The second-order valence-electron chi connectivity index (χ2n) is 14.2. The van der Waals surface area contributed by atoms with Crippen LogP contribution >= 0.6 is 11.3 Å². The fourth-order valence-corrected chi connectivity index (χ4v) is 8.82. The number of furan rings is 1. The van der Waals surface area contributed by atoms with Gasteiger partial charge < -0.3 is 4.42 Å². The second kappa shape index (κ2) is 15.8. The van der Waals surface area contributed by atoms with Gasteiger partial charge in [-0.15, -0.1) is 11.3 Å². The van der Waals surface area contributed by atoms with Gasteiger partial charge in [0.05, 0.1) is 0 Å². The van der Waals surface area contributed by atoms with Gasteiger partial charge in [0.2, 0.25) is 0 Å². The van der Waals surface area contributed by atoms with Crippen molar-refractivity contribution in [3.05, 3.63) is 192 Å². The molecule has 5 aromatic carbocycles. The van der Waals surface area contributed by atoms with Crippen molar-refractivity contribution < 1.29 is 4.42 Å². The van der Waals surface area contributed by atoms with E-state index in [2.05, 4.69) is 159 Å². The lowest BCUT2D eigenvalue weighted by Gasteiger charge is -2.11. The Morgan fingerprint density at radius 2 is 1.47 bits per heavy atom. The maximum absolute atomic E-state index is 6.50. The molecule has 9 rings (SSSR count). The molecule has 0 fully saturated rings. The fourth-order valence-electron chi connectivity index (χ4n) is 7.69. The Hall–Kier alpha value is -6.69. The molecule has 57 heavy (non-hydrogen) atoms. The third-order valence-electron chi connectivity index (χ3n) is 10.5. The number of benzene rings is 5. The third kappa shape index (κ3) is 7.14. The van der Waals surface area contributed by atoms with Crippen molar-refractivity contribution in [2.75, 3.05) is 0 Å². The largest absolute Gasteiger partial charge is 0.456 e. The van der Waals surface area contributed by atoms with Crippen molar-refractivity contribution >= 4 is 59.7 Å². The highest BCUT2D eigenvalue weighted by Crippen LogP contribution is 2.39. The van der Waals surface area contributed by atoms with E-state index in [1.807, 2.05) is 32.1 Å². The van der Waals surface area contributed by atoms with E-state index in [0.29, 0.717) is 24.5 Å². The van der Waals surface area contributed by atoms with Crippen LogP contribution in [0.2, 0.25) is 0 Å². The molecule has 276 valence electrons. The van der Waals surface area contributed by atoms with Gasteiger partial charge in [-0.05, 0) is 103 Å². The number of nitrogens with zero attached hydrogens (tertiary/aromatic N) is 3. The number of aromatic nitrogens is 3. The van der Waals surface area contributed by atoms with Crippen LogP contribution in [0.5, 0.6) is 0 Å². The van der Waals surface area contributed by atoms with Crippen molar-refractivity contribution in [3.63, 3.8) is 0 Å². The minimum Gasteiger partial charge on any atom is -0.456 e. The van der Waals surface area contributed by atoms with Gasteiger partial charge in [0.1, 0.15) is 16.8 Å². The zero-order valence-electron chi connectivity index (χ0n) is 32.2. The molecule has 1 aliphatic carbocycles. The summed E-state index contributed by atoms with van der Waals surface area (Å²) in [6.45, 7) is 6.25. The summed E-state index contributed by atoms with van der Waals surface area (Å²) in [6.07, 6.45) is 20.3. The first-order chi connectivity index (χ1) is 28.1. The minimum absolute atomic E-state index is 0.595. The smallest absolute Gasteiger partial charge is 0.164 e. The molecule has 0 N–H and O–H groups in total. The van der Waals surface area contributed by atoms with Crippen LogP contribution in [0, 0.1) is 0 Å². The van der Waals surface area contributed by atoms with E-state index in [9.17, 15) is 0 Å². The molecule has 0 unspecified atom stereocenters. The van der Waals surface area contributed by atoms with Gasteiger partial charge in [-0.1, -0.05) is 127 Å². The first-order valence-electron chi connectivity index (χ1n) is 19.4. The Kier molecular flexibility index (Phi) is 9.98. The van der Waals surface area contributed by atoms with Crippen LogP contribution < -0.4 is 10.6 Å². The Bertz CT molecular complexity index is 3100. The number of allylic oxidation sites excluding steroid dienone is 10. The molecular formula is C52H41N3OS. The lowest BCUT2D eigenvalue weighted by atomic mass is 9.97. The molecule has 0 aliphatic heterocycles. The SMILES string of the molecule is C/C=C\C=C/Cc1nc(C2=CC(/C(C)=c3/c(=C\C)oc4ccc(-c5cccc(-c6ccccc6)c5)cc34)=CC=CC2)nc(-c2cccc3sc4ccccc4c23)n1. The Balaban J connectivity index is 1.17. The highest BCUT2D eigenvalue weighted by atomic mass is 32.1. The molecule has 0 atom stereocenters. The van der Waals surface area contributed by atoms with Crippen molar-refractivity contribution in [3.8, 4) is 33.6 Å². The second-order valence-corrected chi connectivity index (χ2v) is 15.3. The first-order valence-corrected chi connectivity index (χ1v) is 20.3. The fraction of sp³-hybridized carbons (Fsp3) is 0.0962. The average molecular weight is 756 g/mol. The van der Waals surface area contributed by atoms with E-state index in [4.69, 9.17) is 19.4 Å². The van der Waals surface area contributed by atoms with E-state index in [-0.39, 0.29) is 0 Å². The lowest BCUT2D eigenvalue weighted by Crippen LogP contribution is -2.22. The van der Waals surface area contributed by atoms with Crippen LogP contribution in [0.1, 0.15) is 38.8 Å². The molecule has 0 radical (unpaired) electrons. The van der Waals surface area contributed by atoms with E-state index >= 15 is 0 Å². The summed E-state index contributed by atoms with van der Waals surface area (Å²) in [7, 11) is 0. The van der Waals surface area contributed by atoms with Gasteiger partial charge >= 0.3 is 0 Å². The predicted molar refractivity (Wildman–Crippen MR) is 241 cm³/mol. The quantitative estimate of drug-likeness (QED) is 0.145. The number of rotatable bonds is 8. The van der Waals surface area contributed by atoms with Gasteiger partial charge in [0.25, 0.3) is 0 Å². The van der Waals surface area contributed by atoms with Crippen molar-refractivity contribution in [1.29, 1.82) is 0 Å². The normalized spacial score (nSPS) is 14.3. The molecule has 0 amide bonds. The molecule has 1 aliphatic rings. The van der Waals surface area contributed by atoms with E-state index < -0.39 is 0 Å². The van der Waals surface area contributed by atoms with Crippen LogP contribution in [0.15, 0.2) is 174 Å². The maximum atomic E-state index is 6.50. The highest BCUT2D eigenvalue weighted by Gasteiger charge is 2.18. The summed E-state index contributed by atoms with van der Waals surface area (Å²) in [4.78, 5) is 15.4. The number of hydrogen-bond donors (Lipinski definition) is 0. The van der Waals surface area contributed by atoms with Gasteiger partial charge in [0, 0.05) is 48.3 Å². The third-order valence-corrected chi connectivity index (χ3v) is 11.7. The molecule has 0 bridgehead atoms. The van der Waals surface area contributed by atoms with Gasteiger partial charge in [0.15, 0.2) is 11.6 Å². The van der Waals surface area contributed by atoms with Crippen LogP contribution in [0.4, 0.5) is 0 Å². The van der Waals surface area contributed by atoms with Crippen LogP contribution in [0.25, 0.3) is 82.0 Å². The summed E-state index contributed by atoms with van der Waals surface area (Å²) in [5.41, 5.74) is 10.7. The zero-order valence-corrected chi connectivity index (χ0v) is 33.1. The number of thiophene rings is 1. The van der Waals surface area contributed by atoms with Gasteiger partial charge in [-0.3, -0.25) is 0 Å². The molecule has 3 heterocycles. The molecule has 0 spiro atoms. The van der Waals surface area contributed by atoms with Crippen LogP contribution in [-0.4, -0.2) is 15.0 Å². The van der Waals surface area contributed by atoms with Crippen molar-refractivity contribution in [2.45, 2.75) is 33.6 Å². The molecule has 0 saturated carbocycles. The Morgan fingerprint density at radius 3 is 2.33 bits per heavy atom. The Morgan fingerprint density at radius 1 is 0.719 bits per heavy atom. The van der Waals surface area contributed by atoms with Gasteiger partial charge in [-0.2, -0.15) is 0 Å². The highest BCUT2D eigenvalue weighted by molar-refractivity contribution is 7.25. The maximum Gasteiger partial charge on any atom is 0.164 e. The average Bonchev–Trinajstić information content (AvgIpc) is 3.73. The van der Waals surface area contributed by atoms with Gasteiger partial charge in [-0.25, -0.2) is 15.0 Å². The first kappa shape index (κ1) is 36.0. The molecule has 4 nitrogen and oxygen atoms in total. The molecule has 5 heteroatoms. The molecule has 0 saturated heterocycles. The lowest BCUT2D eigenvalue weighted by molar-refractivity contribution is 0.574. The van der Waals surface area contributed by atoms with Crippen LogP contribution in [0.3, 0.4) is 0 Å².